The van der Waals surface area contributed by atoms with E-state index in [1.807, 2.05) is 0 Å². The van der Waals surface area contributed by atoms with Crippen molar-refractivity contribution in [1.29, 1.82) is 0 Å². The molecule has 2 aromatic heterocycles. The van der Waals surface area contributed by atoms with E-state index >= 15 is 0 Å². The van der Waals surface area contributed by atoms with Crippen molar-refractivity contribution in [2.45, 2.75) is 0 Å². The molecule has 0 amide bonds. The summed E-state index contributed by atoms with van der Waals surface area (Å²) in [7, 11) is 4.64. The predicted octanol–water partition coefficient (Wildman–Crippen LogP) is -1.45. The molecule has 7 heteroatoms. The van der Waals surface area contributed by atoms with E-state index in [1.165, 1.54) is 16.2 Å². The fourth-order valence-corrected chi connectivity index (χ4v) is 1.60. The molecule has 0 aliphatic carbocycles. The number of nitrogen functional groups attached to an aromatic ring is 1. The molecule has 2 heterocycles. The van der Waals surface area contributed by atoms with Crippen molar-refractivity contribution in [2.24, 2.45) is 21.1 Å². The van der Waals surface area contributed by atoms with Crippen LogP contribution in [-0.4, -0.2) is 18.7 Å². The Morgan fingerprint density at radius 1 is 1.07 bits per heavy atom. The molecule has 0 aliphatic rings. The Hall–Kier alpha value is -2.05. The third-order valence-corrected chi connectivity index (χ3v) is 2.50. The molecule has 15 heavy (non-hydrogen) atoms. The molecule has 2 aromatic rings. The molecule has 2 N–H and O–H groups in total. The van der Waals surface area contributed by atoms with Gasteiger partial charge >= 0.3 is 5.69 Å². The zero-order valence-electron chi connectivity index (χ0n) is 8.68. The Kier molecular flexibility index (Phi) is 1.72. The molecule has 0 atom stereocenters. The van der Waals surface area contributed by atoms with E-state index in [-0.39, 0.29) is 11.5 Å². The first-order valence-corrected chi connectivity index (χ1v) is 4.33. The van der Waals surface area contributed by atoms with Gasteiger partial charge in [0.15, 0.2) is 11.2 Å². The van der Waals surface area contributed by atoms with Gasteiger partial charge in [-0.2, -0.15) is 0 Å². The minimum Gasteiger partial charge on any atom is -0.369 e. The van der Waals surface area contributed by atoms with E-state index < -0.39 is 11.2 Å². The number of hydrogen-bond acceptors (Lipinski definition) is 4. The second-order valence-corrected chi connectivity index (χ2v) is 3.41. The van der Waals surface area contributed by atoms with E-state index in [2.05, 4.69) is 4.98 Å². The fourth-order valence-electron chi connectivity index (χ4n) is 1.60. The minimum atomic E-state index is -0.430. The number of hydrogen-bond donors (Lipinski definition) is 1. The van der Waals surface area contributed by atoms with Gasteiger partial charge < -0.3 is 5.73 Å². The van der Waals surface area contributed by atoms with Crippen LogP contribution in [0.2, 0.25) is 0 Å². The Morgan fingerprint density at radius 3 is 2.27 bits per heavy atom. The number of fused-ring (bicyclic) bond motifs is 1. The highest BCUT2D eigenvalue weighted by Gasteiger charge is 2.14. The van der Waals surface area contributed by atoms with Gasteiger partial charge in [0.2, 0.25) is 5.95 Å². The molecule has 80 valence electrons. The van der Waals surface area contributed by atoms with Crippen LogP contribution in [0.5, 0.6) is 0 Å². The lowest BCUT2D eigenvalue weighted by molar-refractivity contribution is 0.698. The number of nitrogens with zero attached hydrogens (tertiary/aromatic N) is 4. The fraction of sp³-hybridized carbons (Fsp3) is 0.375. The number of nitrogens with two attached hydrogens (primary N) is 1. The van der Waals surface area contributed by atoms with Gasteiger partial charge in [-0.1, -0.05) is 0 Å². The van der Waals surface area contributed by atoms with Gasteiger partial charge in [-0.05, 0) is 0 Å². The van der Waals surface area contributed by atoms with Crippen molar-refractivity contribution in [3.05, 3.63) is 20.8 Å². The van der Waals surface area contributed by atoms with Gasteiger partial charge in [-0.3, -0.25) is 18.5 Å². The third kappa shape index (κ3) is 1.03. The molecule has 0 spiro atoms. The normalized spacial score (nSPS) is 11.1. The van der Waals surface area contributed by atoms with Gasteiger partial charge in [-0.15, -0.1) is 0 Å². The number of aryl methyl sites for hydroxylation is 2. The Bertz CT molecular complexity index is 660. The SMILES string of the molecule is Cn1c(=O)c2nc(N)n(C)c2n(C)c1=O. The molecule has 7 nitrogen and oxygen atoms in total. The maximum absolute atomic E-state index is 11.7. The van der Waals surface area contributed by atoms with Crippen molar-refractivity contribution < 1.29 is 0 Å². The summed E-state index contributed by atoms with van der Waals surface area (Å²) in [5, 5.41) is 0. The lowest BCUT2D eigenvalue weighted by atomic mass is 10.5. The van der Waals surface area contributed by atoms with Gasteiger partial charge in [0.25, 0.3) is 5.56 Å². The van der Waals surface area contributed by atoms with Crippen molar-refractivity contribution >= 4 is 17.1 Å². The van der Waals surface area contributed by atoms with Crippen LogP contribution >= 0.6 is 0 Å². The summed E-state index contributed by atoms with van der Waals surface area (Å²) in [4.78, 5) is 27.2. The highest BCUT2D eigenvalue weighted by atomic mass is 16.2. The summed E-state index contributed by atoms with van der Waals surface area (Å²) < 4.78 is 3.87. The van der Waals surface area contributed by atoms with Crippen molar-refractivity contribution in [1.82, 2.24) is 18.7 Å². The smallest absolute Gasteiger partial charge is 0.332 e. The minimum absolute atomic E-state index is 0.208. The van der Waals surface area contributed by atoms with Crippen LogP contribution in [0.15, 0.2) is 9.59 Å². The summed E-state index contributed by atoms with van der Waals surface area (Å²) in [6.07, 6.45) is 0. The second-order valence-electron chi connectivity index (χ2n) is 3.41. The quantitative estimate of drug-likeness (QED) is 0.575. The maximum Gasteiger partial charge on any atom is 0.332 e. The van der Waals surface area contributed by atoms with Crippen LogP contribution < -0.4 is 17.0 Å². The predicted molar refractivity (Wildman–Crippen MR) is 55.6 cm³/mol. The summed E-state index contributed by atoms with van der Waals surface area (Å²) in [6, 6.07) is 0. The number of imidazole rings is 1. The summed E-state index contributed by atoms with van der Waals surface area (Å²) in [5.74, 6) is 0.211. The van der Waals surface area contributed by atoms with Crippen molar-refractivity contribution in [3.63, 3.8) is 0 Å². The summed E-state index contributed by atoms with van der Waals surface area (Å²) >= 11 is 0. The summed E-state index contributed by atoms with van der Waals surface area (Å²) in [6.45, 7) is 0. The average Bonchev–Trinajstić information content (AvgIpc) is 2.50. The molecule has 0 bridgehead atoms. The van der Waals surface area contributed by atoms with Gasteiger partial charge in [0.1, 0.15) is 0 Å². The van der Waals surface area contributed by atoms with Crippen LogP contribution in [0.1, 0.15) is 0 Å². The standard InChI is InChI=1S/C8H11N5O2/c1-11-5-4(10-7(11)9)6(14)13(3)8(15)12(5)2/h1-3H3,(H2,9,10). The molecule has 0 aliphatic heterocycles. The molecule has 2 rings (SSSR count). The monoisotopic (exact) mass is 209 g/mol. The first-order valence-electron chi connectivity index (χ1n) is 4.33. The largest absolute Gasteiger partial charge is 0.369 e. The van der Waals surface area contributed by atoms with Crippen LogP contribution in [0.4, 0.5) is 5.95 Å². The van der Waals surface area contributed by atoms with Crippen molar-refractivity contribution in [2.75, 3.05) is 5.73 Å². The molecule has 0 aromatic carbocycles. The van der Waals surface area contributed by atoms with Crippen molar-refractivity contribution in [3.8, 4) is 0 Å². The van der Waals surface area contributed by atoms with Gasteiger partial charge in [-0.25, -0.2) is 9.78 Å². The molecular formula is C8H11N5O2. The van der Waals surface area contributed by atoms with Gasteiger partial charge in [0, 0.05) is 21.1 Å². The van der Waals surface area contributed by atoms with Gasteiger partial charge in [0.05, 0.1) is 0 Å². The molecule has 0 unspecified atom stereocenters. The second kappa shape index (κ2) is 2.72. The Balaban J connectivity index is 3.23. The van der Waals surface area contributed by atoms with E-state index in [0.29, 0.717) is 5.65 Å². The average molecular weight is 209 g/mol. The third-order valence-electron chi connectivity index (χ3n) is 2.50. The first-order chi connectivity index (χ1) is 6.95. The van der Waals surface area contributed by atoms with Crippen LogP contribution in [-0.2, 0) is 21.1 Å². The number of rotatable bonds is 0. The molecule has 0 radical (unpaired) electrons. The number of aromatic nitrogens is 4. The molecule has 0 fully saturated rings. The van der Waals surface area contributed by atoms with Crippen LogP contribution in [0, 0.1) is 0 Å². The first kappa shape index (κ1) is 9.50. The number of anilines is 1. The van der Waals surface area contributed by atoms with Crippen LogP contribution in [0.25, 0.3) is 11.2 Å². The Morgan fingerprint density at radius 2 is 1.67 bits per heavy atom. The van der Waals surface area contributed by atoms with E-state index in [4.69, 9.17) is 5.73 Å². The van der Waals surface area contributed by atoms with Crippen LogP contribution in [0.3, 0.4) is 0 Å². The maximum atomic E-state index is 11.7. The molecular weight excluding hydrogens is 198 g/mol. The lowest BCUT2D eigenvalue weighted by Gasteiger charge is -2.04. The zero-order chi connectivity index (χ0) is 11.3. The molecule has 0 saturated carbocycles. The highest BCUT2D eigenvalue weighted by molar-refractivity contribution is 5.73. The summed E-state index contributed by atoms with van der Waals surface area (Å²) in [5.41, 5.74) is 5.39. The van der Waals surface area contributed by atoms with E-state index in [9.17, 15) is 9.59 Å². The molecule has 0 saturated heterocycles. The topological polar surface area (TPSA) is 87.8 Å². The van der Waals surface area contributed by atoms with E-state index in [0.717, 1.165) is 4.57 Å². The zero-order valence-corrected chi connectivity index (χ0v) is 8.68. The lowest BCUT2D eigenvalue weighted by Crippen LogP contribution is -2.37. The van der Waals surface area contributed by atoms with E-state index in [1.54, 1.807) is 14.1 Å². The Labute approximate surface area is 84.4 Å². The highest BCUT2D eigenvalue weighted by Crippen LogP contribution is 2.09.